The van der Waals surface area contributed by atoms with Crippen molar-refractivity contribution in [2.75, 3.05) is 40.5 Å². The molecule has 4 nitrogen and oxygen atoms in total. The first-order valence-electron chi connectivity index (χ1n) is 12.0. The van der Waals surface area contributed by atoms with Gasteiger partial charge in [-0.15, -0.1) is 0 Å². The molecule has 4 rings (SSSR count). The molecule has 2 fully saturated rings. The van der Waals surface area contributed by atoms with Crippen LogP contribution < -0.4 is 0 Å². The molecular weight excluding hydrogens is 378 g/mol. The molecular formula is C24H41NO3Si. The zero-order valence-corrected chi connectivity index (χ0v) is 19.9. The second-order valence-electron chi connectivity index (χ2n) is 9.89. The third-order valence-electron chi connectivity index (χ3n) is 7.72. The van der Waals surface area contributed by atoms with E-state index in [2.05, 4.69) is 51.1 Å². The summed E-state index contributed by atoms with van der Waals surface area (Å²) < 4.78 is 19.4. The summed E-state index contributed by atoms with van der Waals surface area (Å²) in [6.07, 6.45) is 15.0. The van der Waals surface area contributed by atoms with Crippen molar-refractivity contribution >= 4 is 8.80 Å². The van der Waals surface area contributed by atoms with Crippen LogP contribution in [0.2, 0.25) is 5.54 Å². The summed E-state index contributed by atoms with van der Waals surface area (Å²) >= 11 is 0. The first-order valence-corrected chi connectivity index (χ1v) is 13.8. The minimum atomic E-state index is -2.64. The van der Waals surface area contributed by atoms with Crippen LogP contribution in [0.1, 0.15) is 52.4 Å². The summed E-state index contributed by atoms with van der Waals surface area (Å²) in [6, 6.07) is 0. The molecule has 0 heterocycles. The van der Waals surface area contributed by atoms with E-state index >= 15 is 0 Å². The van der Waals surface area contributed by atoms with Crippen LogP contribution in [0.5, 0.6) is 0 Å². The van der Waals surface area contributed by atoms with Crippen LogP contribution in [0.4, 0.5) is 0 Å². The van der Waals surface area contributed by atoms with Crippen molar-refractivity contribution in [3.8, 4) is 0 Å². The predicted octanol–water partition coefficient (Wildman–Crippen LogP) is 4.91. The molecule has 164 valence electrons. The SMILES string of the molecule is CCO[Si](OCC)(OCCC1=CC2CC(CCN(C)C)C1C2)C1CC2C=CC1C2. The van der Waals surface area contributed by atoms with Gasteiger partial charge in [0.2, 0.25) is 0 Å². The molecule has 0 radical (unpaired) electrons. The van der Waals surface area contributed by atoms with Gasteiger partial charge in [-0.2, -0.15) is 0 Å². The van der Waals surface area contributed by atoms with Gasteiger partial charge in [0.1, 0.15) is 0 Å². The third kappa shape index (κ3) is 4.59. The molecule has 0 amide bonds. The van der Waals surface area contributed by atoms with Crippen LogP contribution >= 0.6 is 0 Å². The van der Waals surface area contributed by atoms with E-state index in [4.69, 9.17) is 13.3 Å². The van der Waals surface area contributed by atoms with Crippen LogP contribution in [-0.4, -0.2) is 54.2 Å². The minimum Gasteiger partial charge on any atom is -0.374 e. The smallest absolute Gasteiger partial charge is 0.374 e. The van der Waals surface area contributed by atoms with E-state index in [0.717, 1.165) is 30.8 Å². The number of fused-ring (bicyclic) bond motifs is 4. The highest BCUT2D eigenvalue weighted by Gasteiger charge is 2.56. The monoisotopic (exact) mass is 419 g/mol. The second kappa shape index (κ2) is 9.35. The number of nitrogens with zero attached hydrogens (tertiary/aromatic N) is 1. The quantitative estimate of drug-likeness (QED) is 0.332. The Labute approximate surface area is 179 Å². The highest BCUT2D eigenvalue weighted by molar-refractivity contribution is 6.62. The maximum Gasteiger partial charge on any atom is 0.504 e. The van der Waals surface area contributed by atoms with E-state index in [1.807, 2.05) is 0 Å². The molecule has 2 saturated carbocycles. The zero-order chi connectivity index (χ0) is 20.4. The molecule has 0 spiro atoms. The van der Waals surface area contributed by atoms with E-state index in [0.29, 0.717) is 30.6 Å². The molecule has 5 heteroatoms. The molecule has 29 heavy (non-hydrogen) atoms. The molecule has 4 aliphatic rings. The molecule has 0 aliphatic heterocycles. The van der Waals surface area contributed by atoms with Gasteiger partial charge in [0, 0.05) is 25.4 Å². The van der Waals surface area contributed by atoms with Crippen molar-refractivity contribution in [1.29, 1.82) is 0 Å². The van der Waals surface area contributed by atoms with Crippen LogP contribution in [0.15, 0.2) is 23.8 Å². The largest absolute Gasteiger partial charge is 0.504 e. The van der Waals surface area contributed by atoms with Gasteiger partial charge < -0.3 is 18.2 Å². The van der Waals surface area contributed by atoms with Crippen LogP contribution in [0.25, 0.3) is 0 Å². The Hall–Kier alpha value is -0.463. The summed E-state index contributed by atoms with van der Waals surface area (Å²) in [5.41, 5.74) is 2.12. The number of rotatable bonds is 12. The van der Waals surface area contributed by atoms with Crippen molar-refractivity contribution in [3.05, 3.63) is 23.8 Å². The van der Waals surface area contributed by atoms with E-state index in [-0.39, 0.29) is 0 Å². The van der Waals surface area contributed by atoms with Crippen molar-refractivity contribution in [3.63, 3.8) is 0 Å². The topological polar surface area (TPSA) is 30.9 Å². The third-order valence-corrected chi connectivity index (χ3v) is 11.3. The zero-order valence-electron chi connectivity index (χ0n) is 18.9. The van der Waals surface area contributed by atoms with Crippen molar-refractivity contribution in [1.82, 2.24) is 4.90 Å². The van der Waals surface area contributed by atoms with E-state index in [9.17, 15) is 0 Å². The van der Waals surface area contributed by atoms with Gasteiger partial charge >= 0.3 is 8.80 Å². The van der Waals surface area contributed by atoms with Crippen LogP contribution in [0.3, 0.4) is 0 Å². The van der Waals surface area contributed by atoms with Gasteiger partial charge in [0.05, 0.1) is 0 Å². The summed E-state index contributed by atoms with van der Waals surface area (Å²) in [4.78, 5) is 2.33. The molecule has 0 aromatic heterocycles. The first kappa shape index (κ1) is 21.8. The fourth-order valence-electron chi connectivity index (χ4n) is 6.54. The maximum atomic E-state index is 6.66. The Balaban J connectivity index is 1.36. The Morgan fingerprint density at radius 3 is 2.34 bits per heavy atom. The molecule has 0 aromatic carbocycles. The summed E-state index contributed by atoms with van der Waals surface area (Å²) in [5, 5.41) is 0. The molecule has 4 aliphatic carbocycles. The maximum absolute atomic E-state index is 6.66. The number of allylic oxidation sites excluding steroid dienone is 3. The van der Waals surface area contributed by atoms with Gasteiger partial charge in [-0.3, -0.25) is 0 Å². The highest BCUT2D eigenvalue weighted by atomic mass is 28.4. The second-order valence-corrected chi connectivity index (χ2v) is 12.7. The fourth-order valence-corrected chi connectivity index (χ4v) is 9.99. The van der Waals surface area contributed by atoms with E-state index in [1.165, 1.54) is 38.6 Å². The van der Waals surface area contributed by atoms with Crippen LogP contribution in [0, 0.1) is 29.6 Å². The standard InChI is InChI=1S/C24H41NO3Si/c1-5-26-29(27-6-2,24-17-18-7-8-22(24)13-18)28-12-10-21-15-19-14-20(23(21)16-19)9-11-25(3)4/h7-8,15,18-20,22-24H,5-6,9-14,16-17H2,1-4H3. The van der Waals surface area contributed by atoms with E-state index in [1.54, 1.807) is 5.57 Å². The Bertz CT molecular complexity index is 613. The highest BCUT2D eigenvalue weighted by Crippen LogP contribution is 2.53. The molecule has 0 saturated heterocycles. The lowest BCUT2D eigenvalue weighted by molar-refractivity contribution is 0.0540. The fraction of sp³-hybridized carbons (Fsp3) is 0.833. The van der Waals surface area contributed by atoms with Gasteiger partial charge in [-0.25, -0.2) is 0 Å². The Morgan fingerprint density at radius 1 is 0.966 bits per heavy atom. The van der Waals surface area contributed by atoms with E-state index < -0.39 is 8.80 Å². The number of hydrogen-bond donors (Lipinski definition) is 0. The van der Waals surface area contributed by atoms with Crippen molar-refractivity contribution in [2.45, 2.75) is 57.9 Å². The van der Waals surface area contributed by atoms with Crippen LogP contribution in [-0.2, 0) is 13.3 Å². The number of hydrogen-bond acceptors (Lipinski definition) is 4. The Kier molecular flexibility index (Phi) is 7.02. The average Bonchev–Trinajstić information content (AvgIpc) is 3.47. The molecule has 4 bridgehead atoms. The minimum absolute atomic E-state index is 0.458. The van der Waals surface area contributed by atoms with Crippen molar-refractivity contribution in [2.24, 2.45) is 29.6 Å². The lowest BCUT2D eigenvalue weighted by atomic mass is 9.84. The van der Waals surface area contributed by atoms with Gasteiger partial charge in [-0.1, -0.05) is 23.8 Å². The summed E-state index contributed by atoms with van der Waals surface area (Å²) in [7, 11) is 1.74. The average molecular weight is 420 g/mol. The molecule has 6 unspecified atom stereocenters. The lowest BCUT2D eigenvalue weighted by Crippen LogP contribution is -2.51. The molecule has 0 N–H and O–H groups in total. The van der Waals surface area contributed by atoms with Crippen molar-refractivity contribution < 1.29 is 13.3 Å². The predicted molar refractivity (Wildman–Crippen MR) is 120 cm³/mol. The van der Waals surface area contributed by atoms with Gasteiger partial charge in [0.25, 0.3) is 0 Å². The summed E-state index contributed by atoms with van der Waals surface area (Å²) in [6.45, 7) is 7.51. The summed E-state index contributed by atoms with van der Waals surface area (Å²) in [5.74, 6) is 3.80. The van der Waals surface area contributed by atoms with Gasteiger partial charge in [-0.05, 0) is 103 Å². The molecule has 6 atom stereocenters. The first-order chi connectivity index (χ1) is 14.0. The Morgan fingerprint density at radius 2 is 1.76 bits per heavy atom. The van der Waals surface area contributed by atoms with Gasteiger partial charge in [0.15, 0.2) is 0 Å². The normalized spacial score (nSPS) is 35.3. The lowest BCUT2D eigenvalue weighted by Gasteiger charge is -2.37. The molecule has 0 aromatic rings.